The van der Waals surface area contributed by atoms with Crippen LogP contribution in [-0.4, -0.2) is 40.3 Å². The smallest absolute Gasteiger partial charge is 0.407 e. The van der Waals surface area contributed by atoms with E-state index >= 15 is 0 Å². The Bertz CT molecular complexity index is 1140. The van der Waals surface area contributed by atoms with Gasteiger partial charge in [0.2, 0.25) is 5.91 Å². The summed E-state index contributed by atoms with van der Waals surface area (Å²) < 4.78 is 6.10. The first-order valence-corrected chi connectivity index (χ1v) is 8.61. The van der Waals surface area contributed by atoms with E-state index in [1.807, 2.05) is 0 Å². The van der Waals surface area contributed by atoms with Crippen LogP contribution in [-0.2, 0) is 17.9 Å². The lowest BCUT2D eigenvalue weighted by atomic mass is 10.1. The Kier molecular flexibility index (Phi) is 5.44. The van der Waals surface area contributed by atoms with Crippen molar-refractivity contribution in [2.24, 2.45) is 0 Å². The van der Waals surface area contributed by atoms with Crippen molar-refractivity contribution in [3.05, 3.63) is 74.3 Å². The fraction of sp³-hybridized carbons (Fsp3) is 0.211. The maximum Gasteiger partial charge on any atom is 0.420 e. The lowest BCUT2D eigenvalue weighted by Gasteiger charge is -2.11. The predicted molar refractivity (Wildman–Crippen MR) is 103 cm³/mol. The number of fused-ring (bicyclic) bond motifs is 1. The minimum atomic E-state index is -0.776. The minimum Gasteiger partial charge on any atom is -0.407 e. The number of aromatic nitrogens is 1. The molecule has 0 unspecified atom stereocenters. The summed E-state index contributed by atoms with van der Waals surface area (Å²) in [6.45, 7) is -0.0773. The number of oxazole rings is 1. The molecule has 2 amide bonds. The van der Waals surface area contributed by atoms with E-state index in [-0.39, 0.29) is 30.3 Å². The topological polar surface area (TPSA) is 128 Å². The van der Waals surface area contributed by atoms with Crippen LogP contribution in [0, 0.1) is 10.1 Å². The average Bonchev–Trinajstić information content (AvgIpc) is 3.00. The molecule has 0 fully saturated rings. The Labute approximate surface area is 164 Å². The molecular formula is C19H18N4O6. The molecule has 1 heterocycles. The first kappa shape index (κ1) is 19.8. The maximum absolute atomic E-state index is 12.2. The van der Waals surface area contributed by atoms with E-state index in [1.165, 1.54) is 17.0 Å². The first-order chi connectivity index (χ1) is 13.8. The van der Waals surface area contributed by atoms with E-state index < -0.39 is 16.6 Å². The fourth-order valence-electron chi connectivity index (χ4n) is 2.74. The van der Waals surface area contributed by atoms with Gasteiger partial charge in [-0.2, -0.15) is 0 Å². The van der Waals surface area contributed by atoms with E-state index in [1.54, 1.807) is 38.4 Å². The van der Waals surface area contributed by atoms with Crippen LogP contribution in [0.15, 0.2) is 51.7 Å². The summed E-state index contributed by atoms with van der Waals surface area (Å²) in [6.07, 6.45) is 0. The lowest BCUT2D eigenvalue weighted by molar-refractivity contribution is -0.384. The van der Waals surface area contributed by atoms with E-state index in [0.717, 1.165) is 16.2 Å². The number of nitrogens with zero attached hydrogens (tertiary/aromatic N) is 3. The van der Waals surface area contributed by atoms with Crippen LogP contribution in [0.2, 0.25) is 0 Å². The number of carbonyl (C=O) groups excluding carboxylic acids is 2. The van der Waals surface area contributed by atoms with Crippen molar-refractivity contribution >= 4 is 28.6 Å². The van der Waals surface area contributed by atoms with Crippen LogP contribution in [0.4, 0.5) is 5.69 Å². The van der Waals surface area contributed by atoms with Gasteiger partial charge in [-0.3, -0.25) is 24.3 Å². The Hall–Kier alpha value is -3.95. The van der Waals surface area contributed by atoms with E-state index in [9.17, 15) is 24.5 Å². The summed E-state index contributed by atoms with van der Waals surface area (Å²) >= 11 is 0. The van der Waals surface area contributed by atoms with Gasteiger partial charge in [-0.05, 0) is 23.8 Å². The highest BCUT2D eigenvalue weighted by Gasteiger charge is 2.16. The summed E-state index contributed by atoms with van der Waals surface area (Å²) in [4.78, 5) is 47.8. The number of rotatable bonds is 6. The Morgan fingerprint density at radius 1 is 1.17 bits per heavy atom. The molecule has 10 nitrogen and oxygen atoms in total. The molecule has 0 saturated heterocycles. The molecule has 0 aliphatic carbocycles. The molecule has 0 radical (unpaired) electrons. The molecule has 1 aromatic heterocycles. The normalized spacial score (nSPS) is 10.7. The quantitative estimate of drug-likeness (QED) is 0.495. The van der Waals surface area contributed by atoms with Crippen molar-refractivity contribution in [3.63, 3.8) is 0 Å². The zero-order valence-electron chi connectivity index (χ0n) is 15.7. The highest BCUT2D eigenvalue weighted by molar-refractivity contribution is 5.93. The van der Waals surface area contributed by atoms with Crippen molar-refractivity contribution < 1.29 is 18.9 Å². The highest BCUT2D eigenvalue weighted by atomic mass is 16.6. The molecule has 1 N–H and O–H groups in total. The largest absolute Gasteiger partial charge is 0.420 e. The molecule has 0 spiro atoms. The molecule has 0 aliphatic rings. The fourth-order valence-corrected chi connectivity index (χ4v) is 2.74. The van der Waals surface area contributed by atoms with Crippen molar-refractivity contribution in [3.8, 4) is 0 Å². The number of nitro benzene ring substituents is 1. The van der Waals surface area contributed by atoms with E-state index in [4.69, 9.17) is 4.42 Å². The second-order valence-electron chi connectivity index (χ2n) is 6.54. The van der Waals surface area contributed by atoms with Gasteiger partial charge < -0.3 is 14.6 Å². The number of nitrogens with one attached hydrogen (secondary N) is 1. The molecule has 10 heteroatoms. The summed E-state index contributed by atoms with van der Waals surface area (Å²) in [5, 5.41) is 13.5. The Morgan fingerprint density at radius 3 is 2.48 bits per heavy atom. The SMILES string of the molecule is CN(C)C(=O)c1ccc(CNC(=O)Cn2c(=O)oc3cc([N+](=O)[O-])ccc32)cc1. The Balaban J connectivity index is 1.67. The van der Waals surface area contributed by atoms with Gasteiger partial charge in [-0.15, -0.1) is 0 Å². The monoisotopic (exact) mass is 398 g/mol. The molecule has 150 valence electrons. The van der Waals surface area contributed by atoms with E-state index in [0.29, 0.717) is 11.1 Å². The zero-order chi connectivity index (χ0) is 21.1. The number of carbonyl (C=O) groups is 2. The van der Waals surface area contributed by atoms with Crippen LogP contribution in [0.25, 0.3) is 11.1 Å². The Morgan fingerprint density at radius 2 is 1.86 bits per heavy atom. The van der Waals surface area contributed by atoms with Gasteiger partial charge in [-0.1, -0.05) is 12.1 Å². The number of hydrogen-bond acceptors (Lipinski definition) is 6. The van der Waals surface area contributed by atoms with Gasteiger partial charge in [0.15, 0.2) is 5.58 Å². The second-order valence-corrected chi connectivity index (χ2v) is 6.54. The number of amides is 2. The third-order valence-corrected chi connectivity index (χ3v) is 4.26. The van der Waals surface area contributed by atoms with Crippen LogP contribution < -0.4 is 11.1 Å². The summed E-state index contributed by atoms with van der Waals surface area (Å²) in [6, 6.07) is 10.6. The van der Waals surface area contributed by atoms with Gasteiger partial charge in [0.25, 0.3) is 11.6 Å². The number of hydrogen-bond donors (Lipinski definition) is 1. The molecule has 0 aliphatic heterocycles. The molecular weight excluding hydrogens is 380 g/mol. The van der Waals surface area contributed by atoms with Gasteiger partial charge in [0, 0.05) is 32.3 Å². The molecule has 3 aromatic rings. The minimum absolute atomic E-state index is 0.0400. The highest BCUT2D eigenvalue weighted by Crippen LogP contribution is 2.20. The van der Waals surface area contributed by atoms with Crippen LogP contribution in [0.1, 0.15) is 15.9 Å². The van der Waals surface area contributed by atoms with Gasteiger partial charge in [0.05, 0.1) is 16.5 Å². The van der Waals surface area contributed by atoms with Crippen molar-refractivity contribution in [1.29, 1.82) is 0 Å². The standard InChI is InChI=1S/C19H18N4O6/c1-21(2)18(25)13-5-3-12(4-6-13)10-20-17(24)11-22-15-8-7-14(23(27)28)9-16(15)29-19(22)26/h3-9H,10-11H2,1-2H3,(H,20,24). The van der Waals surface area contributed by atoms with Crippen LogP contribution >= 0.6 is 0 Å². The summed E-state index contributed by atoms with van der Waals surface area (Å²) in [5.41, 5.74) is 1.45. The van der Waals surface area contributed by atoms with Crippen molar-refractivity contribution in [2.75, 3.05) is 14.1 Å². The third-order valence-electron chi connectivity index (χ3n) is 4.26. The molecule has 29 heavy (non-hydrogen) atoms. The van der Waals surface area contributed by atoms with Crippen molar-refractivity contribution in [2.45, 2.75) is 13.1 Å². The van der Waals surface area contributed by atoms with Crippen molar-refractivity contribution in [1.82, 2.24) is 14.8 Å². The molecule has 0 saturated carbocycles. The van der Waals surface area contributed by atoms with Gasteiger partial charge in [0.1, 0.15) is 6.54 Å². The van der Waals surface area contributed by atoms with E-state index in [2.05, 4.69) is 5.32 Å². The molecule has 0 atom stereocenters. The van der Waals surface area contributed by atoms with Gasteiger partial charge >= 0.3 is 5.76 Å². The summed E-state index contributed by atoms with van der Waals surface area (Å²) in [7, 11) is 3.33. The predicted octanol–water partition coefficient (Wildman–Crippen LogP) is 1.52. The zero-order valence-corrected chi connectivity index (χ0v) is 15.7. The lowest BCUT2D eigenvalue weighted by Crippen LogP contribution is -2.30. The molecule has 0 bridgehead atoms. The van der Waals surface area contributed by atoms with Crippen LogP contribution in [0.5, 0.6) is 0 Å². The molecule has 3 rings (SSSR count). The first-order valence-electron chi connectivity index (χ1n) is 8.61. The third kappa shape index (κ3) is 4.32. The summed E-state index contributed by atoms with van der Waals surface area (Å²) in [5.74, 6) is -1.32. The number of nitro groups is 1. The molecule has 2 aromatic carbocycles. The number of non-ortho nitro benzene ring substituents is 1. The van der Waals surface area contributed by atoms with Crippen LogP contribution in [0.3, 0.4) is 0 Å². The maximum atomic E-state index is 12.2. The average molecular weight is 398 g/mol. The number of benzene rings is 2. The second kappa shape index (κ2) is 7.97. The van der Waals surface area contributed by atoms with Gasteiger partial charge in [-0.25, -0.2) is 4.79 Å².